The Hall–Kier alpha value is -2.57. The zero-order valence-electron chi connectivity index (χ0n) is 12.9. The van der Waals surface area contributed by atoms with Crippen LogP contribution in [-0.2, 0) is 4.79 Å². The van der Waals surface area contributed by atoms with Crippen LogP contribution in [0.3, 0.4) is 0 Å². The molecule has 22 heavy (non-hydrogen) atoms. The van der Waals surface area contributed by atoms with Crippen LogP contribution in [0, 0.1) is 0 Å². The molecule has 2 rings (SSSR count). The van der Waals surface area contributed by atoms with Crippen LogP contribution in [0.25, 0.3) is 0 Å². The number of benzene rings is 1. The van der Waals surface area contributed by atoms with E-state index in [-0.39, 0.29) is 18.6 Å². The van der Waals surface area contributed by atoms with Gasteiger partial charge in [-0.15, -0.1) is 0 Å². The Morgan fingerprint density at radius 2 is 2.18 bits per heavy atom. The lowest BCUT2D eigenvalue weighted by atomic mass is 10.2. The lowest BCUT2D eigenvalue weighted by Gasteiger charge is -2.12. The standard InChI is InChI=1S/C15H20N4O3/c1-9(2)14-18-15(22-19-14)10(3)17-11-5-4-6-12(7-11)21-8-13(16)20/h4-7,9-10,17H,8H2,1-3H3,(H2,16,20)/t10-/m1/s1. The van der Waals surface area contributed by atoms with Crippen LogP contribution in [0.5, 0.6) is 5.75 Å². The molecule has 0 unspecified atom stereocenters. The van der Waals surface area contributed by atoms with Gasteiger partial charge in [-0.25, -0.2) is 0 Å². The van der Waals surface area contributed by atoms with E-state index in [2.05, 4.69) is 15.5 Å². The number of carbonyl (C=O) groups is 1. The number of nitrogens with two attached hydrogens (primary N) is 1. The van der Waals surface area contributed by atoms with E-state index in [4.69, 9.17) is 15.0 Å². The van der Waals surface area contributed by atoms with Crippen molar-refractivity contribution in [3.8, 4) is 5.75 Å². The Morgan fingerprint density at radius 1 is 1.41 bits per heavy atom. The normalized spacial score (nSPS) is 12.2. The maximum Gasteiger partial charge on any atom is 0.255 e. The van der Waals surface area contributed by atoms with Gasteiger partial charge in [0.05, 0.1) is 0 Å². The summed E-state index contributed by atoms with van der Waals surface area (Å²) in [7, 11) is 0. The second-order valence-electron chi connectivity index (χ2n) is 5.29. The van der Waals surface area contributed by atoms with Crippen molar-refractivity contribution in [2.45, 2.75) is 32.7 Å². The summed E-state index contributed by atoms with van der Waals surface area (Å²) >= 11 is 0. The van der Waals surface area contributed by atoms with Gasteiger partial charge in [0.2, 0.25) is 5.89 Å². The highest BCUT2D eigenvalue weighted by Crippen LogP contribution is 2.23. The topological polar surface area (TPSA) is 103 Å². The largest absolute Gasteiger partial charge is 0.484 e. The minimum absolute atomic E-state index is 0.147. The third-order valence-corrected chi connectivity index (χ3v) is 2.94. The van der Waals surface area contributed by atoms with Crippen molar-refractivity contribution in [1.29, 1.82) is 0 Å². The molecular weight excluding hydrogens is 284 g/mol. The minimum atomic E-state index is -0.515. The number of carbonyl (C=O) groups excluding carboxylic acids is 1. The van der Waals surface area contributed by atoms with Gasteiger partial charge in [-0.3, -0.25) is 4.79 Å². The van der Waals surface area contributed by atoms with Gasteiger partial charge in [0.15, 0.2) is 12.4 Å². The van der Waals surface area contributed by atoms with Crippen LogP contribution in [0.4, 0.5) is 5.69 Å². The first kappa shape index (κ1) is 15.8. The lowest BCUT2D eigenvalue weighted by Crippen LogP contribution is -2.20. The van der Waals surface area contributed by atoms with Crippen molar-refractivity contribution in [2.75, 3.05) is 11.9 Å². The first-order valence-electron chi connectivity index (χ1n) is 7.07. The second-order valence-corrected chi connectivity index (χ2v) is 5.29. The van der Waals surface area contributed by atoms with Crippen molar-refractivity contribution >= 4 is 11.6 Å². The molecule has 0 aliphatic rings. The van der Waals surface area contributed by atoms with Gasteiger partial charge in [-0.1, -0.05) is 25.1 Å². The summed E-state index contributed by atoms with van der Waals surface area (Å²) in [5, 5.41) is 7.19. The van der Waals surface area contributed by atoms with Crippen molar-refractivity contribution in [3.05, 3.63) is 36.0 Å². The van der Waals surface area contributed by atoms with Crippen LogP contribution in [-0.4, -0.2) is 22.7 Å². The van der Waals surface area contributed by atoms with E-state index in [1.807, 2.05) is 32.9 Å². The molecule has 0 fully saturated rings. The molecule has 0 spiro atoms. The first-order chi connectivity index (χ1) is 10.5. The fourth-order valence-corrected chi connectivity index (χ4v) is 1.80. The molecule has 3 N–H and O–H groups in total. The third kappa shape index (κ3) is 4.21. The number of ether oxygens (including phenoxy) is 1. The van der Waals surface area contributed by atoms with Crippen molar-refractivity contribution in [3.63, 3.8) is 0 Å². The Morgan fingerprint density at radius 3 is 2.82 bits per heavy atom. The number of rotatable bonds is 7. The number of anilines is 1. The van der Waals surface area contributed by atoms with Crippen molar-refractivity contribution in [2.24, 2.45) is 5.73 Å². The zero-order valence-corrected chi connectivity index (χ0v) is 12.9. The van der Waals surface area contributed by atoms with E-state index in [1.165, 1.54) is 0 Å². The monoisotopic (exact) mass is 304 g/mol. The summed E-state index contributed by atoms with van der Waals surface area (Å²) in [6.07, 6.45) is 0. The fourth-order valence-electron chi connectivity index (χ4n) is 1.80. The Kier molecular flexibility index (Phi) is 4.98. The smallest absolute Gasteiger partial charge is 0.255 e. The summed E-state index contributed by atoms with van der Waals surface area (Å²) < 4.78 is 10.5. The molecule has 1 heterocycles. The highest BCUT2D eigenvalue weighted by atomic mass is 16.5. The van der Waals surface area contributed by atoms with Gasteiger partial charge in [0, 0.05) is 17.7 Å². The van der Waals surface area contributed by atoms with Crippen molar-refractivity contribution in [1.82, 2.24) is 10.1 Å². The third-order valence-electron chi connectivity index (χ3n) is 2.94. The van der Waals surface area contributed by atoms with Gasteiger partial charge in [0.1, 0.15) is 11.8 Å². The SMILES string of the molecule is CC(C)c1noc([C@@H](C)Nc2cccc(OCC(N)=O)c2)n1. The Labute approximate surface area is 128 Å². The van der Waals surface area contributed by atoms with Crippen LogP contribution in [0.15, 0.2) is 28.8 Å². The minimum Gasteiger partial charge on any atom is -0.484 e. The summed E-state index contributed by atoms with van der Waals surface area (Å²) in [6, 6.07) is 7.08. The fraction of sp³-hybridized carbons (Fsp3) is 0.400. The van der Waals surface area contributed by atoms with E-state index in [1.54, 1.807) is 12.1 Å². The summed E-state index contributed by atoms with van der Waals surface area (Å²) in [5.74, 6) is 1.47. The summed E-state index contributed by atoms with van der Waals surface area (Å²) in [5.41, 5.74) is 5.87. The predicted molar refractivity (Wildman–Crippen MR) is 81.6 cm³/mol. The average molecular weight is 304 g/mol. The zero-order chi connectivity index (χ0) is 16.1. The van der Waals surface area contributed by atoms with Gasteiger partial charge >= 0.3 is 0 Å². The number of nitrogens with zero attached hydrogens (tertiary/aromatic N) is 2. The molecule has 1 atom stereocenters. The molecule has 7 heteroatoms. The number of hydrogen-bond acceptors (Lipinski definition) is 6. The van der Waals surface area contributed by atoms with Crippen LogP contribution in [0.2, 0.25) is 0 Å². The van der Waals surface area contributed by atoms with Gasteiger partial charge in [-0.2, -0.15) is 4.98 Å². The highest BCUT2D eigenvalue weighted by molar-refractivity contribution is 5.75. The van der Waals surface area contributed by atoms with Crippen LogP contribution >= 0.6 is 0 Å². The molecule has 0 saturated heterocycles. The molecule has 0 aliphatic heterocycles. The van der Waals surface area contributed by atoms with E-state index >= 15 is 0 Å². The number of nitrogens with one attached hydrogen (secondary N) is 1. The maximum absolute atomic E-state index is 10.7. The molecule has 7 nitrogen and oxygen atoms in total. The molecule has 1 aromatic heterocycles. The van der Waals surface area contributed by atoms with E-state index in [0.717, 1.165) is 5.69 Å². The second kappa shape index (κ2) is 6.93. The molecule has 0 bridgehead atoms. The molecule has 0 aliphatic carbocycles. The van der Waals surface area contributed by atoms with Gasteiger partial charge < -0.3 is 20.3 Å². The summed E-state index contributed by atoms with van der Waals surface area (Å²) in [4.78, 5) is 15.1. The van der Waals surface area contributed by atoms with E-state index < -0.39 is 5.91 Å². The molecule has 0 radical (unpaired) electrons. The van der Waals surface area contributed by atoms with Crippen molar-refractivity contribution < 1.29 is 14.1 Å². The number of primary amides is 1. The molecule has 1 amide bonds. The Bertz CT molecular complexity index is 639. The molecule has 118 valence electrons. The quantitative estimate of drug-likeness (QED) is 0.813. The molecule has 0 saturated carbocycles. The highest BCUT2D eigenvalue weighted by Gasteiger charge is 2.16. The first-order valence-corrected chi connectivity index (χ1v) is 7.07. The molecule has 1 aromatic carbocycles. The average Bonchev–Trinajstić information content (AvgIpc) is 2.95. The lowest BCUT2D eigenvalue weighted by molar-refractivity contribution is -0.119. The predicted octanol–water partition coefficient (Wildman–Crippen LogP) is 2.23. The molecular formula is C15H20N4O3. The summed E-state index contributed by atoms with van der Waals surface area (Å²) in [6.45, 7) is 5.79. The number of amides is 1. The Balaban J connectivity index is 2.02. The van der Waals surface area contributed by atoms with E-state index in [0.29, 0.717) is 17.5 Å². The molecule has 2 aromatic rings. The van der Waals surface area contributed by atoms with Gasteiger partial charge in [0.25, 0.3) is 5.91 Å². The van der Waals surface area contributed by atoms with Crippen LogP contribution < -0.4 is 15.8 Å². The number of aromatic nitrogens is 2. The number of hydrogen-bond donors (Lipinski definition) is 2. The van der Waals surface area contributed by atoms with Gasteiger partial charge in [-0.05, 0) is 19.1 Å². The van der Waals surface area contributed by atoms with E-state index in [9.17, 15) is 4.79 Å². The van der Waals surface area contributed by atoms with Crippen LogP contribution in [0.1, 0.15) is 44.4 Å². The maximum atomic E-state index is 10.7.